The molecule has 0 unspecified atom stereocenters. The molecule has 0 aromatic heterocycles. The largest absolute Gasteiger partial charge is 0.392 e. The van der Waals surface area contributed by atoms with E-state index in [-0.39, 0.29) is 10.0 Å². The van der Waals surface area contributed by atoms with Crippen molar-refractivity contribution < 1.29 is 10.2 Å². The van der Waals surface area contributed by atoms with E-state index >= 15 is 0 Å². The number of aliphatic hydroxyl groups is 2. The molecule has 0 aromatic carbocycles. The van der Waals surface area contributed by atoms with E-state index in [9.17, 15) is 5.11 Å². The fourth-order valence-electron chi connectivity index (χ4n) is 0.894. The van der Waals surface area contributed by atoms with Gasteiger partial charge in [-0.1, -0.05) is 42.4 Å². The van der Waals surface area contributed by atoms with Crippen LogP contribution >= 0.6 is 22.6 Å². The van der Waals surface area contributed by atoms with Crippen LogP contribution < -0.4 is 0 Å². The van der Waals surface area contributed by atoms with Gasteiger partial charge in [0.25, 0.3) is 0 Å². The molecule has 68 valence electrons. The molecule has 2 nitrogen and oxygen atoms in total. The second-order valence-electron chi connectivity index (χ2n) is 2.89. The monoisotopic (exact) mass is 272 g/mol. The lowest BCUT2D eigenvalue weighted by Crippen LogP contribution is -2.29. The molecule has 2 N–H and O–H groups in total. The number of aliphatic hydroxyl groups excluding tert-OH is 2. The maximum absolute atomic E-state index is 9.45. The number of hydrogen-bond donors (Lipinski definition) is 2. The number of halogens is 1. The van der Waals surface area contributed by atoms with Crippen molar-refractivity contribution in [1.29, 1.82) is 0 Å². The lowest BCUT2D eigenvalue weighted by Gasteiger charge is -2.19. The summed E-state index contributed by atoms with van der Waals surface area (Å²) in [5.41, 5.74) is 0. The number of rotatable bonds is 5. The molecule has 0 aromatic rings. The van der Waals surface area contributed by atoms with E-state index in [1.807, 2.05) is 0 Å². The van der Waals surface area contributed by atoms with Gasteiger partial charge in [0.15, 0.2) is 0 Å². The molecule has 0 spiro atoms. The molecule has 11 heavy (non-hydrogen) atoms. The highest BCUT2D eigenvalue weighted by atomic mass is 127. The van der Waals surface area contributed by atoms with Crippen molar-refractivity contribution in [2.24, 2.45) is 0 Å². The van der Waals surface area contributed by atoms with Crippen LogP contribution in [-0.4, -0.2) is 26.3 Å². The van der Waals surface area contributed by atoms with Crippen LogP contribution in [0.1, 0.15) is 33.1 Å². The second kappa shape index (κ2) is 6.20. The highest BCUT2D eigenvalue weighted by Gasteiger charge is 2.19. The summed E-state index contributed by atoms with van der Waals surface area (Å²) in [7, 11) is 0. The van der Waals surface area contributed by atoms with Gasteiger partial charge in [-0.05, 0) is 13.3 Å². The number of hydrogen-bond acceptors (Lipinski definition) is 2. The van der Waals surface area contributed by atoms with E-state index < -0.39 is 6.10 Å². The molecular formula is C8H17IO2. The molecule has 0 bridgehead atoms. The Labute approximate surface area is 82.1 Å². The van der Waals surface area contributed by atoms with Crippen molar-refractivity contribution >= 4 is 22.6 Å². The first-order chi connectivity index (χ1) is 5.09. The molecule has 0 radical (unpaired) electrons. The van der Waals surface area contributed by atoms with E-state index in [1.165, 1.54) is 0 Å². The Morgan fingerprint density at radius 1 is 1.36 bits per heavy atom. The Kier molecular flexibility index (Phi) is 6.56. The van der Waals surface area contributed by atoms with Crippen molar-refractivity contribution in [3.05, 3.63) is 0 Å². The average molecular weight is 272 g/mol. The van der Waals surface area contributed by atoms with Gasteiger partial charge in [-0.2, -0.15) is 0 Å². The third kappa shape index (κ3) is 4.98. The average Bonchev–Trinajstić information content (AvgIpc) is 1.98. The predicted octanol–water partition coefficient (Wildman–Crippen LogP) is 1.72. The number of unbranched alkanes of at least 4 members (excludes halogenated alkanes) is 1. The fraction of sp³-hybridized carbons (Fsp3) is 1.00. The van der Waals surface area contributed by atoms with Crippen molar-refractivity contribution in [3.8, 4) is 0 Å². The summed E-state index contributed by atoms with van der Waals surface area (Å²) < 4.78 is -0.0286. The standard InChI is InChI=1S/C8H17IO2/c1-3-4-5-7(11)8(9)6(2)10/h6-8,10-11H,3-5H2,1-2H3/t6-,7-,8-/m1/s1. The zero-order valence-electron chi connectivity index (χ0n) is 7.13. The van der Waals surface area contributed by atoms with Gasteiger partial charge >= 0.3 is 0 Å². The Morgan fingerprint density at radius 3 is 2.27 bits per heavy atom. The predicted molar refractivity (Wildman–Crippen MR) is 55.0 cm³/mol. The van der Waals surface area contributed by atoms with Gasteiger partial charge in [-0.25, -0.2) is 0 Å². The van der Waals surface area contributed by atoms with Crippen LogP contribution in [0, 0.1) is 0 Å². The van der Waals surface area contributed by atoms with E-state index in [4.69, 9.17) is 5.11 Å². The maximum Gasteiger partial charge on any atom is 0.0682 e. The van der Waals surface area contributed by atoms with Crippen molar-refractivity contribution in [1.82, 2.24) is 0 Å². The van der Waals surface area contributed by atoms with Gasteiger partial charge in [-0.15, -0.1) is 0 Å². The topological polar surface area (TPSA) is 40.5 Å². The molecule has 0 aliphatic rings. The Balaban J connectivity index is 3.55. The van der Waals surface area contributed by atoms with Crippen LogP contribution in [0.4, 0.5) is 0 Å². The maximum atomic E-state index is 9.45. The molecule has 0 heterocycles. The minimum atomic E-state index is -0.414. The van der Waals surface area contributed by atoms with Crippen LogP contribution in [0.5, 0.6) is 0 Å². The Hall–Kier alpha value is 0.650. The van der Waals surface area contributed by atoms with Gasteiger partial charge in [0, 0.05) is 0 Å². The highest BCUT2D eigenvalue weighted by Crippen LogP contribution is 2.15. The van der Waals surface area contributed by atoms with Crippen LogP contribution in [0.15, 0.2) is 0 Å². The van der Waals surface area contributed by atoms with Crippen LogP contribution in [0.2, 0.25) is 0 Å². The normalized spacial score (nSPS) is 19.4. The van der Waals surface area contributed by atoms with Crippen molar-refractivity contribution in [2.45, 2.75) is 49.2 Å². The molecule has 0 aliphatic heterocycles. The van der Waals surface area contributed by atoms with Gasteiger partial charge in [-0.3, -0.25) is 0 Å². The molecular weight excluding hydrogens is 255 g/mol. The van der Waals surface area contributed by atoms with Gasteiger partial charge in [0.1, 0.15) is 0 Å². The van der Waals surface area contributed by atoms with Crippen LogP contribution in [-0.2, 0) is 0 Å². The summed E-state index contributed by atoms with van der Waals surface area (Å²) in [6.07, 6.45) is 2.17. The second-order valence-corrected chi connectivity index (χ2v) is 4.33. The summed E-state index contributed by atoms with van der Waals surface area (Å²) in [6, 6.07) is 0. The summed E-state index contributed by atoms with van der Waals surface area (Å²) >= 11 is 2.10. The Morgan fingerprint density at radius 2 is 1.91 bits per heavy atom. The first kappa shape index (κ1) is 11.6. The molecule has 0 amide bonds. The minimum Gasteiger partial charge on any atom is -0.392 e. The summed E-state index contributed by atoms with van der Waals surface area (Å²) in [5, 5.41) is 18.6. The zero-order valence-corrected chi connectivity index (χ0v) is 9.28. The van der Waals surface area contributed by atoms with E-state index in [0.29, 0.717) is 0 Å². The van der Waals surface area contributed by atoms with E-state index in [1.54, 1.807) is 6.92 Å². The SMILES string of the molecule is CCCC[C@@H](O)[C@H](I)[C@@H](C)O. The fourth-order valence-corrected chi connectivity index (χ4v) is 1.25. The van der Waals surface area contributed by atoms with E-state index in [0.717, 1.165) is 19.3 Å². The van der Waals surface area contributed by atoms with Gasteiger partial charge < -0.3 is 10.2 Å². The lowest BCUT2D eigenvalue weighted by atomic mass is 10.1. The molecule has 0 aliphatic carbocycles. The smallest absolute Gasteiger partial charge is 0.0682 e. The first-order valence-corrected chi connectivity index (χ1v) is 5.34. The summed E-state index contributed by atoms with van der Waals surface area (Å²) in [4.78, 5) is 0. The lowest BCUT2D eigenvalue weighted by molar-refractivity contribution is 0.0982. The number of alkyl halides is 1. The minimum absolute atomic E-state index is 0.0286. The summed E-state index contributed by atoms with van der Waals surface area (Å²) in [5.74, 6) is 0. The molecule has 3 atom stereocenters. The van der Waals surface area contributed by atoms with Crippen molar-refractivity contribution in [2.75, 3.05) is 0 Å². The third-order valence-corrected chi connectivity index (χ3v) is 3.55. The molecule has 0 fully saturated rings. The van der Waals surface area contributed by atoms with Crippen molar-refractivity contribution in [3.63, 3.8) is 0 Å². The van der Waals surface area contributed by atoms with Gasteiger partial charge in [0.05, 0.1) is 16.1 Å². The highest BCUT2D eigenvalue weighted by molar-refractivity contribution is 14.1. The van der Waals surface area contributed by atoms with Crippen LogP contribution in [0.3, 0.4) is 0 Å². The summed E-state index contributed by atoms with van der Waals surface area (Å²) in [6.45, 7) is 3.81. The molecule has 0 saturated carbocycles. The van der Waals surface area contributed by atoms with Gasteiger partial charge in [0.2, 0.25) is 0 Å². The third-order valence-electron chi connectivity index (χ3n) is 1.68. The first-order valence-electron chi connectivity index (χ1n) is 4.09. The zero-order chi connectivity index (χ0) is 8.85. The van der Waals surface area contributed by atoms with Crippen LogP contribution in [0.25, 0.3) is 0 Å². The molecule has 0 saturated heterocycles. The molecule has 3 heteroatoms. The Bertz CT molecular complexity index is 96.1. The molecule has 0 rings (SSSR count). The quantitative estimate of drug-likeness (QED) is 0.591. The van der Waals surface area contributed by atoms with E-state index in [2.05, 4.69) is 29.5 Å².